The fourth-order valence-corrected chi connectivity index (χ4v) is 2.46. The standard InChI is InChI=1S/C15H19N3OS/c1-3-8-16-14-7-5-4-6-13(14)15(19)17-9-12-10-20-11(2)18-12/h4-7,10,16H,3,8-9H2,1-2H3,(H,17,19). The van der Waals surface area contributed by atoms with Crippen molar-refractivity contribution in [2.24, 2.45) is 0 Å². The van der Waals surface area contributed by atoms with E-state index < -0.39 is 0 Å². The van der Waals surface area contributed by atoms with E-state index in [4.69, 9.17) is 0 Å². The Labute approximate surface area is 123 Å². The molecule has 0 radical (unpaired) electrons. The van der Waals surface area contributed by atoms with E-state index in [1.807, 2.05) is 36.6 Å². The lowest BCUT2D eigenvalue weighted by molar-refractivity contribution is 0.0951. The van der Waals surface area contributed by atoms with Crippen molar-refractivity contribution >= 4 is 22.9 Å². The molecule has 1 aromatic heterocycles. The molecule has 1 heterocycles. The molecule has 106 valence electrons. The van der Waals surface area contributed by atoms with Crippen molar-refractivity contribution in [2.45, 2.75) is 26.8 Å². The van der Waals surface area contributed by atoms with Crippen molar-refractivity contribution in [3.8, 4) is 0 Å². The van der Waals surface area contributed by atoms with Gasteiger partial charge in [-0.15, -0.1) is 11.3 Å². The normalized spacial score (nSPS) is 10.3. The number of thiazole rings is 1. The van der Waals surface area contributed by atoms with Crippen molar-refractivity contribution in [1.82, 2.24) is 10.3 Å². The fraction of sp³-hybridized carbons (Fsp3) is 0.333. The Bertz CT molecular complexity index is 580. The van der Waals surface area contributed by atoms with Gasteiger partial charge >= 0.3 is 0 Å². The van der Waals surface area contributed by atoms with Crippen LogP contribution in [0, 0.1) is 6.92 Å². The Hall–Kier alpha value is -1.88. The first kappa shape index (κ1) is 14.5. The van der Waals surface area contributed by atoms with Gasteiger partial charge in [0.05, 0.1) is 22.8 Å². The smallest absolute Gasteiger partial charge is 0.253 e. The summed E-state index contributed by atoms with van der Waals surface area (Å²) < 4.78 is 0. The Balaban J connectivity index is 2.01. The molecule has 5 heteroatoms. The summed E-state index contributed by atoms with van der Waals surface area (Å²) in [6.45, 7) is 5.38. The maximum absolute atomic E-state index is 12.2. The molecule has 0 saturated heterocycles. The molecule has 0 aliphatic heterocycles. The molecule has 4 nitrogen and oxygen atoms in total. The minimum Gasteiger partial charge on any atom is -0.384 e. The number of carbonyl (C=O) groups excluding carboxylic acids is 1. The van der Waals surface area contributed by atoms with Crippen LogP contribution in [-0.4, -0.2) is 17.4 Å². The molecule has 0 atom stereocenters. The first-order valence-corrected chi connectivity index (χ1v) is 7.60. The lowest BCUT2D eigenvalue weighted by Gasteiger charge is -2.11. The van der Waals surface area contributed by atoms with E-state index in [0.29, 0.717) is 12.1 Å². The molecule has 2 aromatic rings. The SMILES string of the molecule is CCCNc1ccccc1C(=O)NCc1csc(C)n1. The van der Waals surface area contributed by atoms with Gasteiger partial charge < -0.3 is 10.6 Å². The van der Waals surface area contributed by atoms with Gasteiger partial charge in [0.25, 0.3) is 5.91 Å². The number of anilines is 1. The van der Waals surface area contributed by atoms with Gasteiger partial charge in [0, 0.05) is 17.6 Å². The average molecular weight is 289 g/mol. The van der Waals surface area contributed by atoms with Crippen LogP contribution >= 0.6 is 11.3 Å². The van der Waals surface area contributed by atoms with E-state index in [2.05, 4.69) is 22.5 Å². The summed E-state index contributed by atoms with van der Waals surface area (Å²) in [5, 5.41) is 9.16. The zero-order valence-electron chi connectivity index (χ0n) is 11.8. The lowest BCUT2D eigenvalue weighted by atomic mass is 10.1. The molecule has 0 unspecified atom stereocenters. The predicted molar refractivity (Wildman–Crippen MR) is 83.2 cm³/mol. The number of hydrogen-bond acceptors (Lipinski definition) is 4. The summed E-state index contributed by atoms with van der Waals surface area (Å²) in [7, 11) is 0. The number of nitrogens with zero attached hydrogens (tertiary/aromatic N) is 1. The van der Waals surface area contributed by atoms with Gasteiger partial charge in [0.15, 0.2) is 0 Å². The van der Waals surface area contributed by atoms with E-state index in [1.165, 1.54) is 0 Å². The van der Waals surface area contributed by atoms with Gasteiger partial charge in [0.2, 0.25) is 0 Å². The fourth-order valence-electron chi connectivity index (χ4n) is 1.85. The second kappa shape index (κ2) is 7.05. The van der Waals surface area contributed by atoms with Crippen molar-refractivity contribution in [3.63, 3.8) is 0 Å². The van der Waals surface area contributed by atoms with Crippen molar-refractivity contribution in [1.29, 1.82) is 0 Å². The number of carbonyl (C=O) groups is 1. The Morgan fingerprint density at radius 3 is 2.85 bits per heavy atom. The first-order chi connectivity index (χ1) is 9.70. The van der Waals surface area contributed by atoms with Crippen LogP contribution < -0.4 is 10.6 Å². The summed E-state index contributed by atoms with van der Waals surface area (Å²) in [5.74, 6) is -0.0742. The zero-order chi connectivity index (χ0) is 14.4. The minimum atomic E-state index is -0.0742. The van der Waals surface area contributed by atoms with E-state index in [-0.39, 0.29) is 5.91 Å². The first-order valence-electron chi connectivity index (χ1n) is 6.72. The minimum absolute atomic E-state index is 0.0742. The van der Waals surface area contributed by atoms with Crippen LogP contribution in [0.15, 0.2) is 29.6 Å². The van der Waals surface area contributed by atoms with Crippen molar-refractivity contribution in [3.05, 3.63) is 45.9 Å². The molecular formula is C15H19N3OS. The zero-order valence-corrected chi connectivity index (χ0v) is 12.6. The highest BCUT2D eigenvalue weighted by Gasteiger charge is 2.10. The monoisotopic (exact) mass is 289 g/mol. The number of benzene rings is 1. The highest BCUT2D eigenvalue weighted by Crippen LogP contribution is 2.15. The second-order valence-electron chi connectivity index (χ2n) is 4.51. The Kier molecular flexibility index (Phi) is 5.12. The molecule has 1 aromatic carbocycles. The van der Waals surface area contributed by atoms with Crippen LogP contribution in [0.5, 0.6) is 0 Å². The average Bonchev–Trinajstić information content (AvgIpc) is 2.88. The molecule has 0 saturated carbocycles. The highest BCUT2D eigenvalue weighted by molar-refractivity contribution is 7.09. The number of aryl methyl sites for hydroxylation is 1. The maximum Gasteiger partial charge on any atom is 0.253 e. The Morgan fingerprint density at radius 1 is 1.35 bits per heavy atom. The van der Waals surface area contributed by atoms with Crippen LogP contribution in [0.3, 0.4) is 0 Å². The number of para-hydroxylation sites is 1. The van der Waals surface area contributed by atoms with Crippen molar-refractivity contribution in [2.75, 3.05) is 11.9 Å². The van der Waals surface area contributed by atoms with Crippen LogP contribution in [0.4, 0.5) is 5.69 Å². The third-order valence-corrected chi connectivity index (χ3v) is 3.66. The molecule has 0 bridgehead atoms. The van der Waals surface area contributed by atoms with Gasteiger partial charge in [-0.3, -0.25) is 4.79 Å². The number of amides is 1. The number of nitrogens with one attached hydrogen (secondary N) is 2. The second-order valence-corrected chi connectivity index (χ2v) is 5.58. The van der Waals surface area contributed by atoms with E-state index >= 15 is 0 Å². The number of hydrogen-bond donors (Lipinski definition) is 2. The van der Waals surface area contributed by atoms with Gasteiger partial charge in [-0.05, 0) is 25.5 Å². The summed E-state index contributed by atoms with van der Waals surface area (Å²) in [5.41, 5.74) is 2.45. The molecule has 20 heavy (non-hydrogen) atoms. The third kappa shape index (κ3) is 3.81. The number of rotatable bonds is 6. The Morgan fingerprint density at radius 2 is 2.15 bits per heavy atom. The topological polar surface area (TPSA) is 54.0 Å². The van der Waals surface area contributed by atoms with Crippen LogP contribution in [-0.2, 0) is 6.54 Å². The van der Waals surface area contributed by atoms with Gasteiger partial charge in [-0.1, -0.05) is 19.1 Å². The van der Waals surface area contributed by atoms with Gasteiger partial charge in [0.1, 0.15) is 0 Å². The third-order valence-electron chi connectivity index (χ3n) is 2.83. The molecule has 2 N–H and O–H groups in total. The summed E-state index contributed by atoms with van der Waals surface area (Å²) in [4.78, 5) is 16.6. The van der Waals surface area contributed by atoms with Crippen molar-refractivity contribution < 1.29 is 4.79 Å². The van der Waals surface area contributed by atoms with Gasteiger partial charge in [-0.2, -0.15) is 0 Å². The maximum atomic E-state index is 12.2. The summed E-state index contributed by atoms with van der Waals surface area (Å²) in [6, 6.07) is 7.56. The lowest BCUT2D eigenvalue weighted by Crippen LogP contribution is -2.24. The van der Waals surface area contributed by atoms with E-state index in [1.54, 1.807) is 11.3 Å². The largest absolute Gasteiger partial charge is 0.384 e. The quantitative estimate of drug-likeness (QED) is 0.858. The predicted octanol–water partition coefficient (Wildman–Crippen LogP) is 3.20. The number of aromatic nitrogens is 1. The molecule has 2 rings (SSSR count). The molecule has 0 fully saturated rings. The summed E-state index contributed by atoms with van der Waals surface area (Å²) in [6.07, 6.45) is 1.02. The summed E-state index contributed by atoms with van der Waals surface area (Å²) >= 11 is 1.59. The van der Waals surface area contributed by atoms with Crippen LogP contribution in [0.1, 0.15) is 34.4 Å². The molecule has 0 spiro atoms. The molecule has 0 aliphatic carbocycles. The molecular weight excluding hydrogens is 270 g/mol. The van der Waals surface area contributed by atoms with Gasteiger partial charge in [-0.25, -0.2) is 4.98 Å². The van der Waals surface area contributed by atoms with Crippen LogP contribution in [0.25, 0.3) is 0 Å². The molecule has 1 amide bonds. The molecule has 0 aliphatic rings. The van der Waals surface area contributed by atoms with E-state index in [9.17, 15) is 4.79 Å². The highest BCUT2D eigenvalue weighted by atomic mass is 32.1. The van der Waals surface area contributed by atoms with E-state index in [0.717, 1.165) is 29.4 Å². The van der Waals surface area contributed by atoms with Crippen LogP contribution in [0.2, 0.25) is 0 Å².